The van der Waals surface area contributed by atoms with Crippen LogP contribution in [0.15, 0.2) is 250 Å². The fourth-order valence-corrected chi connectivity index (χ4v) is 28.6. The molecule has 0 N–H and O–H groups in total. The molecule has 4 aliphatic rings. The molecule has 0 radical (unpaired) electrons. The molecule has 138 heavy (non-hydrogen) atoms. The van der Waals surface area contributed by atoms with Crippen molar-refractivity contribution in [3.05, 3.63) is 295 Å². The standard InChI is InChI=1S/2C52H59ClFN6O6PS2/c2*1-36(2)59-37(3)52(69(6,64)65)50(51(59)39-12-15-42(53)16-13-39)41-31-43(54)33-46(32-41)57-26-24-56(25-27-57)44-17-19-45(20-18-44)58-28-29-66-67(58,63)47-21-14-40(49(34-47)60(61)62)30-38(22-23-55(4)5)35-68-48-10-8-7-9-11-48/h2*7-21,31-34,36,38H,22-30,35H2,1-6H3/t38-,67+;38-,67-/m00/s1. The van der Waals surface area contributed by atoms with Crippen LogP contribution in [0.4, 0.5) is 54.3 Å². The molecule has 24 nitrogen and oxygen atoms in total. The molecule has 0 saturated carbocycles. The van der Waals surface area contributed by atoms with Crippen LogP contribution in [0.2, 0.25) is 10.0 Å². The van der Waals surface area contributed by atoms with Gasteiger partial charge in [-0.2, -0.15) is 0 Å². The Morgan fingerprint density at radius 1 is 0.428 bits per heavy atom. The highest BCUT2D eigenvalue weighted by atomic mass is 35.5. The largest absolute Gasteiger partial charge is 0.368 e. The van der Waals surface area contributed by atoms with Crippen LogP contribution in [0.5, 0.6) is 0 Å². The van der Waals surface area contributed by atoms with Crippen molar-refractivity contribution in [2.24, 2.45) is 11.8 Å². The van der Waals surface area contributed by atoms with E-state index >= 15 is 8.78 Å². The Morgan fingerprint density at radius 3 is 1.07 bits per heavy atom. The van der Waals surface area contributed by atoms with E-state index in [0.717, 1.165) is 69.7 Å². The van der Waals surface area contributed by atoms with Crippen LogP contribution in [0.3, 0.4) is 0 Å². The third kappa shape index (κ3) is 23.3. The summed E-state index contributed by atoms with van der Waals surface area (Å²) in [5.74, 6) is 1.04. The summed E-state index contributed by atoms with van der Waals surface area (Å²) < 4.78 is 135. The smallest absolute Gasteiger partial charge is 0.326 e. The number of halogens is 4. The first kappa shape index (κ1) is 102. The lowest BCUT2D eigenvalue weighted by Crippen LogP contribution is -2.46. The Hall–Kier alpha value is -10.3. The van der Waals surface area contributed by atoms with Crippen LogP contribution >= 0.6 is 61.8 Å². The summed E-state index contributed by atoms with van der Waals surface area (Å²) in [6.45, 7) is 19.2. The topological polar surface area (TPSA) is 243 Å². The lowest BCUT2D eigenvalue weighted by atomic mass is 9.96. The molecule has 4 atom stereocenters. The number of anilines is 6. The molecule has 6 heterocycles. The van der Waals surface area contributed by atoms with Crippen LogP contribution in [-0.4, -0.2) is 190 Å². The number of rotatable bonds is 34. The van der Waals surface area contributed by atoms with Crippen molar-refractivity contribution in [2.75, 3.05) is 173 Å². The van der Waals surface area contributed by atoms with E-state index in [2.05, 4.69) is 53.7 Å². The zero-order valence-corrected chi connectivity index (χ0v) is 86.3. The van der Waals surface area contributed by atoms with Crippen LogP contribution in [0.25, 0.3) is 44.8 Å². The van der Waals surface area contributed by atoms with Gasteiger partial charge in [-0.25, -0.2) is 25.6 Å². The molecule has 0 aliphatic carbocycles. The van der Waals surface area contributed by atoms with E-state index in [-0.39, 0.29) is 68.1 Å². The van der Waals surface area contributed by atoms with E-state index in [1.54, 1.807) is 95.2 Å². The third-order valence-corrected chi connectivity index (χ3v) is 36.4. The number of benzene rings is 10. The third-order valence-electron chi connectivity index (χ3n) is 25.9. The number of nitro benzene ring substituents is 2. The molecular weight excluding hydrogens is 1910 g/mol. The number of aromatic nitrogens is 2. The molecule has 728 valence electrons. The maximum absolute atomic E-state index is 15.8. The number of hydrogen-bond donors (Lipinski definition) is 0. The Bertz CT molecular complexity index is 6340. The van der Waals surface area contributed by atoms with Crippen molar-refractivity contribution in [1.82, 2.24) is 18.9 Å². The lowest BCUT2D eigenvalue weighted by molar-refractivity contribution is -0.385. The van der Waals surface area contributed by atoms with Crippen molar-refractivity contribution in [3.8, 4) is 44.8 Å². The predicted molar refractivity (Wildman–Crippen MR) is 561 cm³/mol. The van der Waals surface area contributed by atoms with Gasteiger partial charge in [0.15, 0.2) is 19.7 Å². The van der Waals surface area contributed by atoms with Gasteiger partial charge >= 0.3 is 15.0 Å². The Kier molecular flexibility index (Phi) is 32.4. The van der Waals surface area contributed by atoms with E-state index in [1.165, 1.54) is 48.9 Å². The van der Waals surface area contributed by atoms with Gasteiger partial charge in [0.05, 0.1) is 67.9 Å². The van der Waals surface area contributed by atoms with Gasteiger partial charge in [0.1, 0.15) is 11.6 Å². The van der Waals surface area contributed by atoms with E-state index < -0.39 is 46.3 Å². The van der Waals surface area contributed by atoms with Gasteiger partial charge in [-0.3, -0.25) is 38.7 Å². The summed E-state index contributed by atoms with van der Waals surface area (Å²) in [7, 11) is -6.76. The van der Waals surface area contributed by atoms with Gasteiger partial charge in [-0.15, -0.1) is 23.5 Å². The maximum atomic E-state index is 15.8. The van der Waals surface area contributed by atoms with E-state index in [1.807, 2.05) is 186 Å². The average Bonchev–Trinajstić information content (AvgIpc) is 1.58. The summed E-state index contributed by atoms with van der Waals surface area (Å²) in [6.07, 6.45) is 5.17. The number of hydrogen-bond acceptors (Lipinski definition) is 20. The van der Waals surface area contributed by atoms with Gasteiger partial charge in [-0.1, -0.05) is 96.0 Å². The summed E-state index contributed by atoms with van der Waals surface area (Å²) in [6, 6.07) is 69.6. The van der Waals surface area contributed by atoms with Crippen molar-refractivity contribution in [2.45, 2.75) is 98.9 Å². The predicted octanol–water partition coefficient (Wildman–Crippen LogP) is 22.8. The van der Waals surface area contributed by atoms with Crippen molar-refractivity contribution < 1.29 is 53.6 Å². The summed E-state index contributed by atoms with van der Waals surface area (Å²) >= 11 is 16.0. The number of piperazine rings is 2. The normalized spacial score (nSPS) is 17.0. The van der Waals surface area contributed by atoms with Crippen LogP contribution in [-0.2, 0) is 50.7 Å². The molecule has 10 aromatic carbocycles. The van der Waals surface area contributed by atoms with E-state index in [0.29, 0.717) is 178 Å². The highest BCUT2D eigenvalue weighted by Gasteiger charge is 2.44. The van der Waals surface area contributed by atoms with Crippen molar-refractivity contribution in [1.29, 1.82) is 0 Å². The molecule has 4 saturated heterocycles. The molecule has 2 aromatic heterocycles. The van der Waals surface area contributed by atoms with Crippen LogP contribution < -0.4 is 39.5 Å². The summed E-state index contributed by atoms with van der Waals surface area (Å²) in [5, 5.41) is 26.9. The molecule has 0 bridgehead atoms. The lowest BCUT2D eigenvalue weighted by Gasteiger charge is -2.37. The minimum atomic E-state index is -3.75. The molecular formula is C104H118Cl2F2N12O12P2S4. The molecule has 34 heteroatoms. The first-order valence-electron chi connectivity index (χ1n) is 46.3. The fraction of sp³-hybridized carbons (Fsp3) is 0.346. The molecule has 12 aromatic rings. The quantitative estimate of drug-likeness (QED) is 0.0157. The second-order valence-corrected chi connectivity index (χ2v) is 48.4. The Morgan fingerprint density at radius 2 is 0.754 bits per heavy atom. The second-order valence-electron chi connectivity index (χ2n) is 36.8. The second kappa shape index (κ2) is 43.8. The minimum Gasteiger partial charge on any atom is -0.368 e. The monoisotopic (exact) mass is 2020 g/mol. The molecule has 0 amide bonds. The number of nitro groups is 2. The molecule has 0 unspecified atom stereocenters. The highest BCUT2D eigenvalue weighted by Crippen LogP contribution is 2.58. The number of nitrogens with zero attached hydrogens (tertiary/aromatic N) is 12. The van der Waals surface area contributed by atoms with Gasteiger partial charge in [-0.05, 0) is 288 Å². The SMILES string of the molecule is Cc1c(S(C)(=O)=O)c(-c2cc(F)cc(N3CCN(c4ccc(N5CCO[P@@]5(=O)c5ccc(C[C@H](CCN(C)C)CSc6ccccc6)c([N+](=O)[O-])c5)cc4)CC3)c2)c(-c2ccc(Cl)cc2)n1C(C)C.Cc1c(S(C)(=O)=O)c(-c2cc(F)cc(N3CCN(c4ccc(N5CCO[P@]5(=O)c5ccc(C[C@H](CCN(C)C)CSc6ccccc6)c([N+](=O)[O-])c5)cc4)CC3)c2)c(-c2ccc(Cl)cc2)n1C(C)C. The zero-order valence-electron chi connectivity index (χ0n) is 79.7. The first-order chi connectivity index (χ1) is 65.8. The molecule has 0 spiro atoms. The first-order valence-corrected chi connectivity index (χ1v) is 56.0. The van der Waals surface area contributed by atoms with Crippen LogP contribution in [0.1, 0.15) is 75.1 Å². The number of sulfone groups is 2. The Labute approximate surface area is 827 Å². The summed E-state index contributed by atoms with van der Waals surface area (Å²) in [5.41, 5.74) is 11.7. The maximum Gasteiger partial charge on any atom is 0.326 e. The van der Waals surface area contributed by atoms with Gasteiger partial charge in [0, 0.05) is 188 Å². The van der Waals surface area contributed by atoms with Gasteiger partial charge < -0.3 is 47.6 Å². The number of thioether (sulfide) groups is 2. The van der Waals surface area contributed by atoms with Gasteiger partial charge in [0.25, 0.3) is 11.4 Å². The van der Waals surface area contributed by atoms with E-state index in [9.17, 15) is 46.2 Å². The van der Waals surface area contributed by atoms with Crippen molar-refractivity contribution in [3.63, 3.8) is 0 Å². The Balaban J connectivity index is 0.000000209. The molecule has 4 fully saturated rings. The van der Waals surface area contributed by atoms with Gasteiger partial charge in [0.2, 0.25) is 0 Å². The fourth-order valence-electron chi connectivity index (χ4n) is 19.3. The van der Waals surface area contributed by atoms with Crippen molar-refractivity contribution >= 4 is 138 Å². The van der Waals surface area contributed by atoms with E-state index in [4.69, 9.17) is 32.2 Å². The molecule has 4 aliphatic heterocycles. The zero-order chi connectivity index (χ0) is 98.4. The van der Waals surface area contributed by atoms with Crippen LogP contribution in [0, 0.1) is 57.5 Å². The minimum absolute atomic E-state index is 0.0524. The molecule has 16 rings (SSSR count). The summed E-state index contributed by atoms with van der Waals surface area (Å²) in [4.78, 5) is 40.0. The average molecular weight is 2030 g/mol. The highest BCUT2D eigenvalue weighted by molar-refractivity contribution is 7.99.